The minimum atomic E-state index is 0.551. The number of hydrogen-bond donors (Lipinski definition) is 1. The molecule has 0 radical (unpaired) electrons. The van der Waals surface area contributed by atoms with Crippen LogP contribution >= 0.6 is 11.8 Å². The van der Waals surface area contributed by atoms with Crippen LogP contribution in [0.5, 0.6) is 11.5 Å². The van der Waals surface area contributed by atoms with Gasteiger partial charge in [-0.2, -0.15) is 0 Å². The van der Waals surface area contributed by atoms with Gasteiger partial charge in [-0.25, -0.2) is 0 Å². The fourth-order valence-electron chi connectivity index (χ4n) is 1.87. The summed E-state index contributed by atoms with van der Waals surface area (Å²) in [5, 5.41) is 0. The summed E-state index contributed by atoms with van der Waals surface area (Å²) in [6.45, 7) is 0.551. The molecule has 0 saturated carbocycles. The number of aromatic nitrogens is 1. The van der Waals surface area contributed by atoms with Gasteiger partial charge in [-0.1, -0.05) is 12.1 Å². The maximum atomic E-state index is 5.65. The van der Waals surface area contributed by atoms with Crippen molar-refractivity contribution >= 4 is 11.8 Å². The fourth-order valence-corrected chi connectivity index (χ4v) is 2.79. The molecule has 0 bridgehead atoms. The molecule has 0 amide bonds. The van der Waals surface area contributed by atoms with Crippen LogP contribution in [0.1, 0.15) is 11.3 Å². The standard InChI is InChI=1S/C15H18N2O2S/c1-18-14-6-7-17-13(15(14)19-2)10-20-12-5-3-4-11(8-12)9-16/h3-8H,9-10,16H2,1-2H3. The van der Waals surface area contributed by atoms with Crippen molar-refractivity contribution in [3.8, 4) is 11.5 Å². The molecule has 1 heterocycles. The van der Waals surface area contributed by atoms with Crippen molar-refractivity contribution in [3.05, 3.63) is 47.8 Å². The first kappa shape index (κ1) is 14.7. The number of pyridine rings is 1. The molecular weight excluding hydrogens is 272 g/mol. The maximum absolute atomic E-state index is 5.65. The minimum absolute atomic E-state index is 0.551. The van der Waals surface area contributed by atoms with Crippen molar-refractivity contribution in [1.82, 2.24) is 4.98 Å². The molecule has 0 fully saturated rings. The lowest BCUT2D eigenvalue weighted by Gasteiger charge is -2.11. The van der Waals surface area contributed by atoms with E-state index in [0.29, 0.717) is 23.8 Å². The quantitative estimate of drug-likeness (QED) is 0.829. The predicted octanol–water partition coefficient (Wildman–Crippen LogP) is 2.85. The van der Waals surface area contributed by atoms with Crippen LogP contribution in [0.2, 0.25) is 0 Å². The minimum Gasteiger partial charge on any atom is -0.493 e. The molecule has 0 spiro atoms. The van der Waals surface area contributed by atoms with Gasteiger partial charge in [-0.05, 0) is 17.7 Å². The number of benzene rings is 1. The van der Waals surface area contributed by atoms with E-state index in [4.69, 9.17) is 15.2 Å². The van der Waals surface area contributed by atoms with Gasteiger partial charge in [0, 0.05) is 29.5 Å². The van der Waals surface area contributed by atoms with Crippen LogP contribution in [0, 0.1) is 0 Å². The van der Waals surface area contributed by atoms with Gasteiger partial charge in [0.25, 0.3) is 0 Å². The number of nitrogens with two attached hydrogens (primary N) is 1. The summed E-state index contributed by atoms with van der Waals surface area (Å²) >= 11 is 1.70. The molecule has 0 aliphatic rings. The molecule has 2 N–H and O–H groups in total. The lowest BCUT2D eigenvalue weighted by Crippen LogP contribution is -1.98. The van der Waals surface area contributed by atoms with E-state index in [-0.39, 0.29) is 0 Å². The Bertz CT molecular complexity index is 576. The lowest BCUT2D eigenvalue weighted by atomic mass is 10.2. The van der Waals surface area contributed by atoms with Crippen LogP contribution < -0.4 is 15.2 Å². The van der Waals surface area contributed by atoms with Gasteiger partial charge in [0.05, 0.1) is 19.9 Å². The summed E-state index contributed by atoms with van der Waals surface area (Å²) < 4.78 is 10.7. The Kier molecular flexibility index (Phi) is 5.26. The molecule has 2 rings (SSSR count). The van der Waals surface area contributed by atoms with Crippen molar-refractivity contribution in [1.29, 1.82) is 0 Å². The van der Waals surface area contributed by atoms with Gasteiger partial charge in [-0.3, -0.25) is 4.98 Å². The van der Waals surface area contributed by atoms with Crippen molar-refractivity contribution in [3.63, 3.8) is 0 Å². The normalized spacial score (nSPS) is 10.3. The summed E-state index contributed by atoms with van der Waals surface area (Å²) in [6.07, 6.45) is 1.73. The van der Waals surface area contributed by atoms with E-state index in [1.807, 2.05) is 12.1 Å². The predicted molar refractivity (Wildman–Crippen MR) is 81.2 cm³/mol. The van der Waals surface area contributed by atoms with Crippen molar-refractivity contribution < 1.29 is 9.47 Å². The second-order valence-electron chi connectivity index (χ2n) is 4.13. The third-order valence-electron chi connectivity index (χ3n) is 2.88. The Hall–Kier alpha value is -1.72. The number of nitrogens with zero attached hydrogens (tertiary/aromatic N) is 1. The molecule has 0 aliphatic heterocycles. The van der Waals surface area contributed by atoms with E-state index in [1.165, 1.54) is 4.90 Å². The van der Waals surface area contributed by atoms with Crippen LogP contribution in [0.15, 0.2) is 41.4 Å². The Morgan fingerprint density at radius 1 is 1.20 bits per heavy atom. The van der Waals surface area contributed by atoms with Gasteiger partial charge >= 0.3 is 0 Å². The summed E-state index contributed by atoms with van der Waals surface area (Å²) in [6, 6.07) is 9.99. The number of ether oxygens (including phenoxy) is 2. The molecule has 2 aromatic rings. The molecular formula is C15H18N2O2S. The van der Waals surface area contributed by atoms with E-state index < -0.39 is 0 Å². The third kappa shape index (κ3) is 3.43. The SMILES string of the molecule is COc1ccnc(CSc2cccc(CN)c2)c1OC. The average molecular weight is 290 g/mol. The molecule has 4 nitrogen and oxygen atoms in total. The van der Waals surface area contributed by atoms with E-state index >= 15 is 0 Å². The first-order chi connectivity index (χ1) is 9.78. The molecule has 0 atom stereocenters. The van der Waals surface area contributed by atoms with Gasteiger partial charge in [0.1, 0.15) is 0 Å². The number of methoxy groups -OCH3 is 2. The van der Waals surface area contributed by atoms with Gasteiger partial charge in [0.2, 0.25) is 0 Å². The molecule has 1 aromatic carbocycles. The van der Waals surface area contributed by atoms with Gasteiger partial charge in [-0.15, -0.1) is 11.8 Å². The monoisotopic (exact) mass is 290 g/mol. The highest BCUT2D eigenvalue weighted by Gasteiger charge is 2.11. The Balaban J connectivity index is 2.14. The lowest BCUT2D eigenvalue weighted by molar-refractivity contribution is 0.350. The largest absolute Gasteiger partial charge is 0.493 e. The zero-order valence-corrected chi connectivity index (χ0v) is 12.4. The van der Waals surface area contributed by atoms with Crippen molar-refractivity contribution in [2.45, 2.75) is 17.2 Å². The Morgan fingerprint density at radius 3 is 2.75 bits per heavy atom. The first-order valence-corrected chi connectivity index (χ1v) is 7.24. The van der Waals surface area contributed by atoms with Gasteiger partial charge in [0.15, 0.2) is 11.5 Å². The number of thioether (sulfide) groups is 1. The highest BCUT2D eigenvalue weighted by Crippen LogP contribution is 2.33. The number of rotatable bonds is 6. The Morgan fingerprint density at radius 2 is 2.05 bits per heavy atom. The van der Waals surface area contributed by atoms with Crippen molar-refractivity contribution in [2.75, 3.05) is 14.2 Å². The maximum Gasteiger partial charge on any atom is 0.183 e. The fraction of sp³-hybridized carbons (Fsp3) is 0.267. The highest BCUT2D eigenvalue weighted by molar-refractivity contribution is 7.98. The van der Waals surface area contributed by atoms with Crippen molar-refractivity contribution in [2.24, 2.45) is 5.73 Å². The summed E-state index contributed by atoms with van der Waals surface area (Å²) in [4.78, 5) is 5.53. The molecule has 20 heavy (non-hydrogen) atoms. The highest BCUT2D eigenvalue weighted by atomic mass is 32.2. The number of hydrogen-bond acceptors (Lipinski definition) is 5. The molecule has 0 unspecified atom stereocenters. The van der Waals surface area contributed by atoms with Crippen LogP contribution in [-0.4, -0.2) is 19.2 Å². The zero-order chi connectivity index (χ0) is 14.4. The molecule has 5 heteroatoms. The molecule has 106 valence electrons. The zero-order valence-electron chi connectivity index (χ0n) is 11.6. The third-order valence-corrected chi connectivity index (χ3v) is 3.88. The summed E-state index contributed by atoms with van der Waals surface area (Å²) in [5.74, 6) is 2.11. The van der Waals surface area contributed by atoms with Crippen LogP contribution in [0.4, 0.5) is 0 Å². The van der Waals surface area contributed by atoms with Crippen LogP contribution in [-0.2, 0) is 12.3 Å². The van der Waals surface area contributed by atoms with Gasteiger partial charge < -0.3 is 15.2 Å². The Labute approximate surface area is 123 Å². The molecule has 0 aliphatic carbocycles. The average Bonchev–Trinajstić information content (AvgIpc) is 2.52. The molecule has 1 aromatic heterocycles. The van der Waals surface area contributed by atoms with Crippen LogP contribution in [0.3, 0.4) is 0 Å². The van der Waals surface area contributed by atoms with E-state index in [0.717, 1.165) is 11.3 Å². The topological polar surface area (TPSA) is 57.4 Å². The summed E-state index contributed by atoms with van der Waals surface area (Å²) in [7, 11) is 3.25. The second-order valence-corrected chi connectivity index (χ2v) is 5.18. The van der Waals surface area contributed by atoms with E-state index in [1.54, 1.807) is 38.2 Å². The van der Waals surface area contributed by atoms with Crippen LogP contribution in [0.25, 0.3) is 0 Å². The first-order valence-electron chi connectivity index (χ1n) is 6.26. The summed E-state index contributed by atoms with van der Waals surface area (Å²) in [5.41, 5.74) is 7.65. The smallest absolute Gasteiger partial charge is 0.183 e. The van der Waals surface area contributed by atoms with E-state index in [9.17, 15) is 0 Å². The molecule has 0 saturated heterocycles. The van der Waals surface area contributed by atoms with E-state index in [2.05, 4.69) is 17.1 Å². The second kappa shape index (κ2) is 7.17.